The number of amides is 1. The smallest absolute Gasteiger partial charge is 0.304 e. The van der Waals surface area contributed by atoms with E-state index in [1.807, 2.05) is 53.9 Å². The average Bonchev–Trinajstić information content (AvgIpc) is 3.25. The fourth-order valence-corrected chi connectivity index (χ4v) is 5.28. The molecular weight excluding hydrogens is 448 g/mol. The van der Waals surface area contributed by atoms with Gasteiger partial charge in [-0.25, -0.2) is 4.98 Å². The number of thiazole rings is 1. The van der Waals surface area contributed by atoms with Crippen molar-refractivity contribution in [2.24, 2.45) is 5.92 Å². The molecule has 1 unspecified atom stereocenters. The molecule has 2 aromatic carbocycles. The highest BCUT2D eigenvalue weighted by molar-refractivity contribution is 7.14. The van der Waals surface area contributed by atoms with E-state index in [0.29, 0.717) is 28.7 Å². The highest BCUT2D eigenvalue weighted by Crippen LogP contribution is 2.38. The van der Waals surface area contributed by atoms with Crippen LogP contribution in [0.1, 0.15) is 30.7 Å². The average molecular weight is 471 g/mol. The topological polar surface area (TPSA) is 90.7 Å². The van der Waals surface area contributed by atoms with Crippen LogP contribution in [0.3, 0.4) is 0 Å². The molecule has 0 bridgehead atoms. The third-order valence-electron chi connectivity index (χ3n) is 5.78. The molecule has 2 heterocycles. The van der Waals surface area contributed by atoms with Gasteiger partial charge in [-0.1, -0.05) is 60.1 Å². The number of hydrogen-bond acceptors (Lipinski definition) is 5. The van der Waals surface area contributed by atoms with E-state index >= 15 is 0 Å². The monoisotopic (exact) mass is 470 g/mol. The number of anilines is 1. The molecule has 1 amide bonds. The van der Waals surface area contributed by atoms with E-state index in [-0.39, 0.29) is 18.9 Å². The number of carbonyl (C=O) groups excluding carboxylic acids is 1. The minimum atomic E-state index is -1.05. The molecule has 3 aromatic rings. The second-order valence-electron chi connectivity index (χ2n) is 7.88. The molecule has 1 fully saturated rings. The Hall–Kier alpha value is -2.74. The molecule has 6 nitrogen and oxygen atoms in total. The quantitative estimate of drug-likeness (QED) is 0.557. The Morgan fingerprint density at radius 1 is 1.16 bits per heavy atom. The van der Waals surface area contributed by atoms with Gasteiger partial charge in [0.1, 0.15) is 0 Å². The second kappa shape index (κ2) is 9.81. The lowest BCUT2D eigenvalue weighted by Crippen LogP contribution is -2.44. The number of aliphatic carboxylic acids is 1. The van der Waals surface area contributed by atoms with E-state index in [0.717, 1.165) is 11.1 Å². The maximum absolute atomic E-state index is 13.7. The standard InChI is InChI=1S/C24H23ClN2O4S/c25-20-9-5-4-8-17(20)21-14-32-24(26-21)27-11-10-16(28)12-18(15-6-2-1-3-7-15)19(23(27)31)13-22(29)30/h1-9,14,16,18-19,28H,10-13H2,(H,29,30)/t16?,18-,19+/m1/s1. The van der Waals surface area contributed by atoms with Gasteiger partial charge >= 0.3 is 5.97 Å². The van der Waals surface area contributed by atoms with Crippen molar-refractivity contribution in [3.8, 4) is 11.3 Å². The summed E-state index contributed by atoms with van der Waals surface area (Å²) in [5.74, 6) is -2.54. The van der Waals surface area contributed by atoms with E-state index < -0.39 is 23.9 Å². The molecule has 32 heavy (non-hydrogen) atoms. The molecule has 2 N–H and O–H groups in total. The van der Waals surface area contributed by atoms with Crippen LogP contribution in [-0.4, -0.2) is 39.7 Å². The number of nitrogens with zero attached hydrogens (tertiary/aromatic N) is 2. The third-order valence-corrected chi connectivity index (χ3v) is 6.97. The molecule has 1 aromatic heterocycles. The number of aromatic nitrogens is 1. The van der Waals surface area contributed by atoms with Crippen molar-refractivity contribution < 1.29 is 19.8 Å². The van der Waals surface area contributed by atoms with Gasteiger partial charge in [-0.05, 0) is 30.4 Å². The van der Waals surface area contributed by atoms with Gasteiger partial charge in [-0.15, -0.1) is 11.3 Å². The minimum Gasteiger partial charge on any atom is -0.481 e. The van der Waals surface area contributed by atoms with E-state index in [2.05, 4.69) is 4.98 Å². The molecule has 0 aliphatic carbocycles. The highest BCUT2D eigenvalue weighted by atomic mass is 35.5. The Morgan fingerprint density at radius 2 is 1.88 bits per heavy atom. The summed E-state index contributed by atoms with van der Waals surface area (Å²) < 4.78 is 0. The number of aliphatic hydroxyl groups is 1. The summed E-state index contributed by atoms with van der Waals surface area (Å²) in [7, 11) is 0. The van der Waals surface area contributed by atoms with E-state index in [4.69, 9.17) is 11.6 Å². The van der Waals surface area contributed by atoms with Crippen LogP contribution in [0.25, 0.3) is 11.3 Å². The zero-order chi connectivity index (χ0) is 22.7. The summed E-state index contributed by atoms with van der Waals surface area (Å²) in [5.41, 5.74) is 2.27. The molecule has 1 aliphatic rings. The van der Waals surface area contributed by atoms with Crippen LogP contribution < -0.4 is 4.90 Å². The SMILES string of the molecule is O=C(O)C[C@@H]1C(=O)N(c2nc(-c3ccccc3Cl)cs2)CCC(O)C[C@@H]1c1ccccc1. The summed E-state index contributed by atoms with van der Waals surface area (Å²) in [6, 6.07) is 16.7. The van der Waals surface area contributed by atoms with Gasteiger partial charge in [0.25, 0.3) is 0 Å². The lowest BCUT2D eigenvalue weighted by Gasteiger charge is -2.34. The van der Waals surface area contributed by atoms with Crippen molar-refractivity contribution in [2.75, 3.05) is 11.4 Å². The van der Waals surface area contributed by atoms with Crippen molar-refractivity contribution in [1.82, 2.24) is 4.98 Å². The molecule has 8 heteroatoms. The number of carboxylic acids is 1. The fourth-order valence-electron chi connectivity index (χ4n) is 4.19. The largest absolute Gasteiger partial charge is 0.481 e. The number of aliphatic hydroxyl groups excluding tert-OH is 1. The first-order valence-corrected chi connectivity index (χ1v) is 11.7. The molecule has 4 rings (SSSR count). The van der Waals surface area contributed by atoms with Gasteiger partial charge in [0, 0.05) is 22.5 Å². The van der Waals surface area contributed by atoms with Gasteiger partial charge in [0.05, 0.1) is 24.1 Å². The van der Waals surface area contributed by atoms with Crippen LogP contribution in [0, 0.1) is 5.92 Å². The highest BCUT2D eigenvalue weighted by Gasteiger charge is 2.39. The van der Waals surface area contributed by atoms with Gasteiger partial charge < -0.3 is 10.2 Å². The Kier molecular flexibility index (Phi) is 6.89. The number of carbonyl (C=O) groups is 2. The summed E-state index contributed by atoms with van der Waals surface area (Å²) in [5, 5.41) is 23.1. The molecule has 0 spiro atoms. The molecule has 1 saturated heterocycles. The number of carboxylic acid groups (broad SMARTS) is 1. The van der Waals surface area contributed by atoms with Crippen molar-refractivity contribution in [2.45, 2.75) is 31.3 Å². The van der Waals surface area contributed by atoms with Crippen LogP contribution in [0.2, 0.25) is 5.02 Å². The number of halogens is 1. The van der Waals surface area contributed by atoms with Crippen molar-refractivity contribution >= 4 is 39.9 Å². The molecule has 166 valence electrons. The molecule has 1 aliphatic heterocycles. The van der Waals surface area contributed by atoms with Gasteiger partial charge in [-0.3, -0.25) is 14.5 Å². The molecule has 0 radical (unpaired) electrons. The van der Waals surface area contributed by atoms with Crippen LogP contribution in [0.15, 0.2) is 60.0 Å². The first-order chi connectivity index (χ1) is 15.4. The normalized spacial score (nSPS) is 21.8. The van der Waals surface area contributed by atoms with Gasteiger partial charge in [-0.2, -0.15) is 0 Å². The van der Waals surface area contributed by atoms with E-state index in [1.165, 1.54) is 16.2 Å². The molecule has 0 saturated carbocycles. The zero-order valence-electron chi connectivity index (χ0n) is 17.2. The zero-order valence-corrected chi connectivity index (χ0v) is 18.8. The predicted octanol–water partition coefficient (Wildman–Crippen LogP) is 4.83. The minimum absolute atomic E-state index is 0.271. The Balaban J connectivity index is 1.71. The van der Waals surface area contributed by atoms with Gasteiger partial charge in [0.2, 0.25) is 5.91 Å². The summed E-state index contributed by atoms with van der Waals surface area (Å²) in [6.45, 7) is 0.271. The third kappa shape index (κ3) is 4.85. The maximum Gasteiger partial charge on any atom is 0.304 e. The second-order valence-corrected chi connectivity index (χ2v) is 9.13. The van der Waals surface area contributed by atoms with Crippen LogP contribution >= 0.6 is 22.9 Å². The van der Waals surface area contributed by atoms with Crippen LogP contribution in [-0.2, 0) is 9.59 Å². The lowest BCUT2D eigenvalue weighted by molar-refractivity contribution is -0.141. The fraction of sp³-hybridized carbons (Fsp3) is 0.292. The number of benzene rings is 2. The van der Waals surface area contributed by atoms with Crippen LogP contribution in [0.5, 0.6) is 0 Å². The first kappa shape index (κ1) is 22.5. The summed E-state index contributed by atoms with van der Waals surface area (Å²) >= 11 is 7.61. The number of rotatable bonds is 5. The summed E-state index contributed by atoms with van der Waals surface area (Å²) in [4.78, 5) is 31.5. The summed E-state index contributed by atoms with van der Waals surface area (Å²) in [6.07, 6.45) is -0.250. The van der Waals surface area contributed by atoms with Crippen molar-refractivity contribution in [1.29, 1.82) is 0 Å². The van der Waals surface area contributed by atoms with E-state index in [1.54, 1.807) is 6.07 Å². The van der Waals surface area contributed by atoms with Crippen molar-refractivity contribution in [3.63, 3.8) is 0 Å². The first-order valence-electron chi connectivity index (χ1n) is 10.4. The van der Waals surface area contributed by atoms with Crippen molar-refractivity contribution in [3.05, 3.63) is 70.6 Å². The Bertz CT molecular complexity index is 1100. The van der Waals surface area contributed by atoms with E-state index in [9.17, 15) is 19.8 Å². The Labute approximate surface area is 195 Å². The maximum atomic E-state index is 13.7. The van der Waals surface area contributed by atoms with Crippen LogP contribution in [0.4, 0.5) is 5.13 Å². The molecular formula is C24H23ClN2O4S. The molecule has 3 atom stereocenters. The predicted molar refractivity (Wildman–Crippen MR) is 125 cm³/mol. The lowest BCUT2D eigenvalue weighted by atomic mass is 9.78. The Morgan fingerprint density at radius 3 is 2.59 bits per heavy atom. The van der Waals surface area contributed by atoms with Gasteiger partial charge in [0.15, 0.2) is 5.13 Å². The number of hydrogen-bond donors (Lipinski definition) is 2.